The van der Waals surface area contributed by atoms with Crippen LogP contribution in [0.25, 0.3) is 11.2 Å². The van der Waals surface area contributed by atoms with Gasteiger partial charge in [-0.1, -0.05) is 82.3 Å². The summed E-state index contributed by atoms with van der Waals surface area (Å²) in [6, 6.07) is 16.9. The minimum Gasteiger partial charge on any atom is -0.390 e. The number of fused-ring (bicyclic) bond motifs is 1. The van der Waals surface area contributed by atoms with Crippen molar-refractivity contribution in [2.75, 3.05) is 26.2 Å². The number of hydrogen-bond donors (Lipinski definition) is 2. The van der Waals surface area contributed by atoms with Gasteiger partial charge in [-0.2, -0.15) is 9.21 Å². The molecule has 0 spiro atoms. The normalized spacial score (nSPS) is 15.7. The van der Waals surface area contributed by atoms with Crippen LogP contribution in [0.15, 0.2) is 83.0 Å². The number of aliphatic hydroxyl groups is 1. The quantitative estimate of drug-likeness (QED) is 0.160. The number of sulfonamides is 1. The molecule has 15 heteroatoms. The van der Waals surface area contributed by atoms with E-state index in [-0.39, 0.29) is 49.4 Å². The maximum absolute atomic E-state index is 14.4. The number of nitrogens with zero attached hydrogens (tertiary/aromatic N) is 7. The van der Waals surface area contributed by atoms with Crippen LogP contribution in [0, 0.1) is 16.2 Å². The zero-order valence-electron chi connectivity index (χ0n) is 31.2. The first-order valence-electron chi connectivity index (χ1n) is 17.8. The van der Waals surface area contributed by atoms with Crippen molar-refractivity contribution in [2.45, 2.75) is 77.2 Å². The molecule has 1 aliphatic rings. The van der Waals surface area contributed by atoms with Crippen LogP contribution in [-0.4, -0.2) is 98.5 Å². The van der Waals surface area contributed by atoms with E-state index < -0.39 is 39.5 Å². The molecular formula is C38H50N8O6S. The minimum atomic E-state index is -4.08. The van der Waals surface area contributed by atoms with Gasteiger partial charge in [-0.15, -0.1) is 0 Å². The molecule has 0 bridgehead atoms. The first-order chi connectivity index (χ1) is 25.1. The summed E-state index contributed by atoms with van der Waals surface area (Å²) < 4.78 is 31.0. The SMILES string of the molecule is CC(C)CN(C[C@@H](O)[C@H](Cc1ccccc1)NC(=O)[C@@H](N1CCN(Cc2nc3cccnc3n2C)C1=O)C(C)(C)C)S(=O)(=O)c1ccc(CN=O)cc1. The fraction of sp³-hybridized carbons (Fsp3) is 0.474. The summed E-state index contributed by atoms with van der Waals surface area (Å²) in [7, 11) is -2.22. The third-order valence-electron chi connectivity index (χ3n) is 9.42. The molecule has 2 aromatic heterocycles. The van der Waals surface area contributed by atoms with Crippen molar-refractivity contribution in [3.63, 3.8) is 0 Å². The van der Waals surface area contributed by atoms with Crippen LogP contribution in [0.4, 0.5) is 4.79 Å². The molecule has 3 amide bonds. The van der Waals surface area contributed by atoms with Crippen LogP contribution >= 0.6 is 0 Å². The van der Waals surface area contributed by atoms with Gasteiger partial charge < -0.3 is 24.8 Å². The van der Waals surface area contributed by atoms with Crippen molar-refractivity contribution in [3.05, 3.63) is 94.8 Å². The lowest BCUT2D eigenvalue weighted by atomic mass is 9.84. The highest BCUT2D eigenvalue weighted by Gasteiger charge is 2.45. The second kappa shape index (κ2) is 16.5. The summed E-state index contributed by atoms with van der Waals surface area (Å²) >= 11 is 0. The Labute approximate surface area is 311 Å². The lowest BCUT2D eigenvalue weighted by molar-refractivity contribution is -0.130. The first kappa shape index (κ1) is 39.5. The van der Waals surface area contributed by atoms with E-state index in [9.17, 15) is 28.0 Å². The molecule has 0 radical (unpaired) electrons. The van der Waals surface area contributed by atoms with Gasteiger partial charge in [0.15, 0.2) is 5.65 Å². The maximum atomic E-state index is 14.4. The molecule has 1 aliphatic heterocycles. The van der Waals surface area contributed by atoms with Gasteiger partial charge in [0.25, 0.3) is 0 Å². The molecule has 3 atom stereocenters. The molecule has 0 saturated carbocycles. The van der Waals surface area contributed by atoms with Crippen molar-refractivity contribution in [2.24, 2.45) is 23.6 Å². The van der Waals surface area contributed by atoms with Gasteiger partial charge in [-0.25, -0.2) is 23.2 Å². The van der Waals surface area contributed by atoms with Crippen molar-refractivity contribution < 1.29 is 23.1 Å². The molecule has 0 unspecified atom stereocenters. The highest BCUT2D eigenvalue weighted by molar-refractivity contribution is 7.89. The number of pyridine rings is 1. The van der Waals surface area contributed by atoms with E-state index in [1.54, 1.807) is 28.1 Å². The van der Waals surface area contributed by atoms with E-state index >= 15 is 0 Å². The summed E-state index contributed by atoms with van der Waals surface area (Å²) in [5.74, 6) is 0.149. The van der Waals surface area contributed by atoms with E-state index in [0.29, 0.717) is 30.1 Å². The average Bonchev–Trinajstić information content (AvgIpc) is 3.62. The lowest BCUT2D eigenvalue weighted by Crippen LogP contribution is -2.59. The number of amides is 3. The van der Waals surface area contributed by atoms with Crippen LogP contribution in [0.3, 0.4) is 0 Å². The van der Waals surface area contributed by atoms with Crippen LogP contribution < -0.4 is 5.32 Å². The predicted molar refractivity (Wildman–Crippen MR) is 202 cm³/mol. The highest BCUT2D eigenvalue weighted by atomic mass is 32.2. The Morgan fingerprint density at radius 3 is 2.32 bits per heavy atom. The van der Waals surface area contributed by atoms with Crippen molar-refractivity contribution in [3.8, 4) is 0 Å². The molecular weight excluding hydrogens is 697 g/mol. The topological polar surface area (TPSA) is 170 Å². The summed E-state index contributed by atoms with van der Waals surface area (Å²) in [6.45, 7) is 10.1. The van der Waals surface area contributed by atoms with Crippen LogP contribution in [0.5, 0.6) is 0 Å². The smallest absolute Gasteiger partial charge is 0.321 e. The minimum absolute atomic E-state index is 0.0171. The highest BCUT2D eigenvalue weighted by Crippen LogP contribution is 2.29. The molecule has 2 aromatic carbocycles. The third-order valence-corrected chi connectivity index (χ3v) is 11.3. The zero-order chi connectivity index (χ0) is 38.5. The number of benzene rings is 2. The zero-order valence-corrected chi connectivity index (χ0v) is 32.0. The molecule has 284 valence electrons. The fourth-order valence-corrected chi connectivity index (χ4v) is 8.41. The molecule has 2 N–H and O–H groups in total. The fourth-order valence-electron chi connectivity index (χ4n) is 6.79. The Balaban J connectivity index is 1.38. The predicted octanol–water partition coefficient (Wildman–Crippen LogP) is 4.32. The number of aliphatic hydroxyl groups excluding tert-OH is 1. The molecule has 5 rings (SSSR count). The number of rotatable bonds is 16. The summed E-state index contributed by atoms with van der Waals surface area (Å²) in [5.41, 5.74) is 2.16. The number of nitroso groups, excluding NO2 is 1. The second-order valence-corrected chi connectivity index (χ2v) is 17.1. The molecule has 1 fully saturated rings. The molecule has 1 saturated heterocycles. The summed E-state index contributed by atoms with van der Waals surface area (Å²) in [4.78, 5) is 51.4. The number of hydrogen-bond acceptors (Lipinski definition) is 9. The van der Waals surface area contributed by atoms with Crippen molar-refractivity contribution in [1.82, 2.24) is 34.0 Å². The monoisotopic (exact) mass is 746 g/mol. The first-order valence-corrected chi connectivity index (χ1v) is 19.3. The van der Waals surface area contributed by atoms with Gasteiger partial charge in [0, 0.05) is 39.4 Å². The molecule has 53 heavy (non-hydrogen) atoms. The van der Waals surface area contributed by atoms with Crippen molar-refractivity contribution in [1.29, 1.82) is 0 Å². The maximum Gasteiger partial charge on any atom is 0.321 e. The molecule has 4 aromatic rings. The number of aryl methyl sites for hydroxylation is 1. The molecule has 3 heterocycles. The largest absolute Gasteiger partial charge is 0.390 e. The summed E-state index contributed by atoms with van der Waals surface area (Å²) in [6.07, 6.45) is 0.595. The van der Waals surface area contributed by atoms with Gasteiger partial charge in [-0.3, -0.25) is 4.79 Å². The van der Waals surface area contributed by atoms with Crippen LogP contribution in [-0.2, 0) is 41.4 Å². The van der Waals surface area contributed by atoms with E-state index in [2.05, 4.69) is 20.5 Å². The Hall–Kier alpha value is -4.73. The number of nitrogens with one attached hydrogen (secondary N) is 1. The van der Waals surface area contributed by atoms with E-state index in [4.69, 9.17) is 0 Å². The average molecular weight is 747 g/mol. The Kier molecular flexibility index (Phi) is 12.3. The van der Waals surface area contributed by atoms with Gasteiger partial charge in [0.1, 0.15) is 23.9 Å². The summed E-state index contributed by atoms with van der Waals surface area (Å²) in [5, 5.41) is 17.8. The van der Waals surface area contributed by atoms with Gasteiger partial charge in [0.2, 0.25) is 15.9 Å². The van der Waals surface area contributed by atoms with E-state index in [1.165, 1.54) is 16.4 Å². The Morgan fingerprint density at radius 2 is 1.70 bits per heavy atom. The number of carbonyl (C=O) groups excluding carboxylic acids is 2. The Morgan fingerprint density at radius 1 is 1.00 bits per heavy atom. The number of aromatic nitrogens is 3. The van der Waals surface area contributed by atoms with Gasteiger partial charge in [0.05, 0.1) is 23.6 Å². The van der Waals surface area contributed by atoms with E-state index in [0.717, 1.165) is 11.1 Å². The Bertz CT molecular complexity index is 2000. The van der Waals surface area contributed by atoms with E-state index in [1.807, 2.05) is 88.7 Å². The third kappa shape index (κ3) is 9.26. The van der Waals surface area contributed by atoms with Crippen molar-refractivity contribution >= 4 is 33.1 Å². The van der Waals surface area contributed by atoms with Crippen LogP contribution in [0.2, 0.25) is 0 Å². The second-order valence-electron chi connectivity index (χ2n) is 15.1. The molecule has 0 aliphatic carbocycles. The number of carbonyl (C=O) groups is 2. The number of imidazole rings is 1. The van der Waals surface area contributed by atoms with Crippen LogP contribution in [0.1, 0.15) is 51.6 Å². The lowest BCUT2D eigenvalue weighted by Gasteiger charge is -2.38. The molecule has 14 nitrogen and oxygen atoms in total. The van der Waals surface area contributed by atoms with Gasteiger partial charge in [-0.05, 0) is 53.1 Å². The standard InChI is InChI=1S/C38H50N8O6S/c1-26(2)23-45(53(51,52)29-16-14-28(15-17-29)22-40-50)24-32(47)31(21-27-11-8-7-9-12-27)42-36(48)34(38(3,4)5)46-20-19-44(37(46)49)25-33-41-30-13-10-18-39-35(30)43(33)6/h7-18,26,31-32,34,47H,19-25H2,1-6H3,(H,42,48)/t31-,32+,34+/m0/s1. The number of urea groups is 1. The van der Waals surface area contributed by atoms with Gasteiger partial charge >= 0.3 is 6.03 Å².